The van der Waals surface area contributed by atoms with Crippen molar-refractivity contribution in [2.45, 2.75) is 33.1 Å². The molecule has 3 heteroatoms. The van der Waals surface area contributed by atoms with Crippen LogP contribution in [0.15, 0.2) is 22.7 Å². The van der Waals surface area contributed by atoms with E-state index in [9.17, 15) is 4.39 Å². The second-order valence-corrected chi connectivity index (χ2v) is 5.27. The summed E-state index contributed by atoms with van der Waals surface area (Å²) in [5, 5.41) is 3.43. The topological polar surface area (TPSA) is 12.0 Å². The maximum absolute atomic E-state index is 13.2. The molecule has 0 aromatic heterocycles. The second-order valence-electron chi connectivity index (χ2n) is 4.42. The highest BCUT2D eigenvalue weighted by molar-refractivity contribution is 9.10. The van der Waals surface area contributed by atoms with Crippen molar-refractivity contribution in [3.63, 3.8) is 0 Å². The highest BCUT2D eigenvalue weighted by Gasteiger charge is 2.10. The van der Waals surface area contributed by atoms with Gasteiger partial charge in [0.25, 0.3) is 0 Å². The molecule has 0 heterocycles. The number of hydrogen-bond acceptors (Lipinski definition) is 1. The summed E-state index contributed by atoms with van der Waals surface area (Å²) < 4.78 is 14.2. The fourth-order valence-corrected chi connectivity index (χ4v) is 2.26. The second kappa shape index (κ2) is 7.83. The van der Waals surface area contributed by atoms with Crippen LogP contribution in [-0.4, -0.2) is 13.1 Å². The minimum Gasteiger partial charge on any atom is -0.316 e. The van der Waals surface area contributed by atoms with Crippen LogP contribution in [0.3, 0.4) is 0 Å². The molecule has 0 amide bonds. The van der Waals surface area contributed by atoms with Gasteiger partial charge in [0.05, 0.1) is 0 Å². The Morgan fingerprint density at radius 2 is 2.12 bits per heavy atom. The summed E-state index contributed by atoms with van der Waals surface area (Å²) in [6.07, 6.45) is 3.19. The first-order valence-corrected chi connectivity index (χ1v) is 7.11. The number of halogens is 2. The quantitative estimate of drug-likeness (QED) is 0.746. The molecule has 0 aliphatic heterocycles. The molecule has 0 saturated heterocycles. The molecule has 0 saturated carbocycles. The van der Waals surface area contributed by atoms with E-state index in [1.54, 1.807) is 12.1 Å². The zero-order valence-electron chi connectivity index (χ0n) is 10.6. The average molecular weight is 302 g/mol. The zero-order chi connectivity index (χ0) is 12.7. The van der Waals surface area contributed by atoms with Crippen LogP contribution in [0.25, 0.3) is 0 Å². The van der Waals surface area contributed by atoms with Gasteiger partial charge in [-0.1, -0.05) is 36.2 Å². The van der Waals surface area contributed by atoms with Gasteiger partial charge in [-0.25, -0.2) is 4.39 Å². The molecule has 1 aromatic carbocycles. The van der Waals surface area contributed by atoms with E-state index in [0.717, 1.165) is 42.4 Å². The fourth-order valence-electron chi connectivity index (χ4n) is 1.85. The number of rotatable bonds is 7. The number of nitrogens with one attached hydrogen (secondary N) is 1. The van der Waals surface area contributed by atoms with Gasteiger partial charge in [0.2, 0.25) is 0 Å². The van der Waals surface area contributed by atoms with Crippen molar-refractivity contribution < 1.29 is 4.39 Å². The summed E-state index contributed by atoms with van der Waals surface area (Å²) in [4.78, 5) is 0. The van der Waals surface area contributed by atoms with E-state index >= 15 is 0 Å². The first-order chi connectivity index (χ1) is 8.17. The monoisotopic (exact) mass is 301 g/mol. The lowest BCUT2D eigenvalue weighted by Crippen LogP contribution is -2.24. The molecule has 1 atom stereocenters. The lowest BCUT2D eigenvalue weighted by Gasteiger charge is -2.16. The molecule has 1 rings (SSSR count). The van der Waals surface area contributed by atoms with Gasteiger partial charge in [-0.3, -0.25) is 0 Å². The Bertz CT molecular complexity index is 341. The van der Waals surface area contributed by atoms with Gasteiger partial charge >= 0.3 is 0 Å². The molecule has 17 heavy (non-hydrogen) atoms. The highest BCUT2D eigenvalue weighted by Crippen LogP contribution is 2.22. The third-order valence-electron chi connectivity index (χ3n) is 2.95. The van der Waals surface area contributed by atoms with Crippen LogP contribution >= 0.6 is 15.9 Å². The van der Waals surface area contributed by atoms with E-state index in [0.29, 0.717) is 5.92 Å². The smallest absolute Gasteiger partial charge is 0.123 e. The Balaban J connectivity index is 2.57. The maximum atomic E-state index is 13.2. The van der Waals surface area contributed by atoms with Crippen LogP contribution in [0.2, 0.25) is 0 Å². The molecule has 1 nitrogen and oxygen atoms in total. The van der Waals surface area contributed by atoms with E-state index in [1.165, 1.54) is 6.07 Å². The van der Waals surface area contributed by atoms with E-state index in [4.69, 9.17) is 0 Å². The van der Waals surface area contributed by atoms with Crippen LogP contribution in [0.4, 0.5) is 4.39 Å². The van der Waals surface area contributed by atoms with Gasteiger partial charge in [-0.05, 0) is 55.6 Å². The molecule has 96 valence electrons. The molecule has 1 aromatic rings. The molecule has 1 N–H and O–H groups in total. The van der Waals surface area contributed by atoms with Crippen molar-refractivity contribution in [1.82, 2.24) is 5.32 Å². The number of hydrogen-bond donors (Lipinski definition) is 1. The largest absolute Gasteiger partial charge is 0.316 e. The van der Waals surface area contributed by atoms with Crippen molar-refractivity contribution in [2.24, 2.45) is 5.92 Å². The van der Waals surface area contributed by atoms with Gasteiger partial charge in [0.15, 0.2) is 0 Å². The summed E-state index contributed by atoms with van der Waals surface area (Å²) in [5.41, 5.74) is 1.06. The normalized spacial score (nSPS) is 12.7. The fraction of sp³-hybridized carbons (Fsp3) is 0.571. The third kappa shape index (κ3) is 5.17. The SMILES string of the molecule is CCCNCC(CC)Cc1cc(F)ccc1Br. The highest BCUT2D eigenvalue weighted by atomic mass is 79.9. The Labute approximate surface area is 112 Å². The van der Waals surface area contributed by atoms with Crippen molar-refractivity contribution in [1.29, 1.82) is 0 Å². The third-order valence-corrected chi connectivity index (χ3v) is 3.73. The van der Waals surface area contributed by atoms with E-state index in [1.807, 2.05) is 0 Å². The Morgan fingerprint density at radius 1 is 1.35 bits per heavy atom. The zero-order valence-corrected chi connectivity index (χ0v) is 12.2. The summed E-state index contributed by atoms with van der Waals surface area (Å²) in [5.74, 6) is 0.416. The molecular weight excluding hydrogens is 281 g/mol. The van der Waals surface area contributed by atoms with Crippen LogP contribution in [-0.2, 0) is 6.42 Å². The van der Waals surface area contributed by atoms with Crippen LogP contribution in [0.1, 0.15) is 32.3 Å². The van der Waals surface area contributed by atoms with Gasteiger partial charge in [-0.2, -0.15) is 0 Å². The van der Waals surface area contributed by atoms with Crippen molar-refractivity contribution >= 4 is 15.9 Å². The van der Waals surface area contributed by atoms with Gasteiger partial charge in [0, 0.05) is 4.47 Å². The molecule has 0 spiro atoms. The van der Waals surface area contributed by atoms with Crippen molar-refractivity contribution in [3.05, 3.63) is 34.1 Å². The first-order valence-electron chi connectivity index (χ1n) is 6.32. The predicted octanol–water partition coefficient (Wildman–Crippen LogP) is 4.16. The van der Waals surface area contributed by atoms with Gasteiger partial charge in [-0.15, -0.1) is 0 Å². The van der Waals surface area contributed by atoms with Crippen molar-refractivity contribution in [3.8, 4) is 0 Å². The Morgan fingerprint density at radius 3 is 2.76 bits per heavy atom. The summed E-state index contributed by atoms with van der Waals surface area (Å²) in [7, 11) is 0. The Hall–Kier alpha value is -0.410. The van der Waals surface area contributed by atoms with Crippen LogP contribution < -0.4 is 5.32 Å². The molecular formula is C14H21BrFN. The molecule has 0 fully saturated rings. The minimum absolute atomic E-state index is 0.153. The standard InChI is InChI=1S/C14H21BrFN/c1-3-7-17-10-11(4-2)8-12-9-13(16)5-6-14(12)15/h5-6,9,11,17H,3-4,7-8,10H2,1-2H3. The molecule has 0 radical (unpaired) electrons. The summed E-state index contributed by atoms with van der Waals surface area (Å²) >= 11 is 3.48. The number of benzene rings is 1. The van der Waals surface area contributed by atoms with E-state index in [2.05, 4.69) is 35.1 Å². The Kier molecular flexibility index (Phi) is 6.75. The van der Waals surface area contributed by atoms with Crippen molar-refractivity contribution in [2.75, 3.05) is 13.1 Å². The lowest BCUT2D eigenvalue weighted by atomic mass is 9.97. The summed E-state index contributed by atoms with van der Waals surface area (Å²) in [6.45, 7) is 6.41. The molecule has 0 bridgehead atoms. The molecule has 0 aliphatic carbocycles. The lowest BCUT2D eigenvalue weighted by molar-refractivity contribution is 0.459. The van der Waals surface area contributed by atoms with E-state index in [-0.39, 0.29) is 5.82 Å². The molecule has 0 aliphatic rings. The van der Waals surface area contributed by atoms with Crippen LogP contribution in [0.5, 0.6) is 0 Å². The van der Waals surface area contributed by atoms with Gasteiger partial charge < -0.3 is 5.32 Å². The van der Waals surface area contributed by atoms with Crippen LogP contribution in [0, 0.1) is 11.7 Å². The van der Waals surface area contributed by atoms with Gasteiger partial charge in [0.1, 0.15) is 5.82 Å². The maximum Gasteiger partial charge on any atom is 0.123 e. The minimum atomic E-state index is -0.153. The van der Waals surface area contributed by atoms with E-state index < -0.39 is 0 Å². The predicted molar refractivity (Wildman–Crippen MR) is 74.7 cm³/mol. The summed E-state index contributed by atoms with van der Waals surface area (Å²) in [6, 6.07) is 4.91. The average Bonchev–Trinajstić information content (AvgIpc) is 2.32. The first kappa shape index (κ1) is 14.7. The molecule has 1 unspecified atom stereocenters.